The molecular formula is C23H30N2O4. The van der Waals surface area contributed by atoms with Gasteiger partial charge in [0.2, 0.25) is 5.91 Å². The monoisotopic (exact) mass is 398 g/mol. The number of carbonyl (C=O) groups excluding carboxylic acids is 2. The van der Waals surface area contributed by atoms with Crippen LogP contribution >= 0.6 is 0 Å². The molecule has 0 unspecified atom stereocenters. The summed E-state index contributed by atoms with van der Waals surface area (Å²) in [6.45, 7) is 7.64. The van der Waals surface area contributed by atoms with Gasteiger partial charge < -0.3 is 20.1 Å². The molecule has 29 heavy (non-hydrogen) atoms. The second-order valence-electron chi connectivity index (χ2n) is 7.75. The molecule has 2 aromatic rings. The summed E-state index contributed by atoms with van der Waals surface area (Å²) in [5.41, 5.74) is 2.48. The molecule has 2 rings (SSSR count). The van der Waals surface area contributed by atoms with Gasteiger partial charge >= 0.3 is 0 Å². The average molecular weight is 399 g/mol. The van der Waals surface area contributed by atoms with Crippen molar-refractivity contribution < 1.29 is 19.1 Å². The molecule has 0 atom stereocenters. The molecular weight excluding hydrogens is 368 g/mol. The van der Waals surface area contributed by atoms with E-state index in [0.717, 1.165) is 0 Å². The standard InChI is InChI=1S/C23H30N2O4/c1-23(2,3)18-7-5-17(6-8-18)22(27)24-14-13-21(26)25-19-9-11-20(12-10-19)29-16-15-28-4/h5-12H,13-16H2,1-4H3,(H,24,27)(H,25,26). The van der Waals surface area contributed by atoms with Gasteiger partial charge in [0, 0.05) is 31.3 Å². The highest BCUT2D eigenvalue weighted by Crippen LogP contribution is 2.22. The van der Waals surface area contributed by atoms with Gasteiger partial charge in [0.15, 0.2) is 0 Å². The van der Waals surface area contributed by atoms with E-state index in [1.54, 1.807) is 31.4 Å². The Bertz CT molecular complexity index is 793. The van der Waals surface area contributed by atoms with E-state index in [1.807, 2.05) is 24.3 Å². The molecule has 6 heteroatoms. The first-order valence-corrected chi connectivity index (χ1v) is 9.70. The molecule has 0 saturated carbocycles. The smallest absolute Gasteiger partial charge is 0.251 e. The van der Waals surface area contributed by atoms with Gasteiger partial charge in [-0.3, -0.25) is 9.59 Å². The summed E-state index contributed by atoms with van der Waals surface area (Å²) in [4.78, 5) is 24.3. The molecule has 0 bridgehead atoms. The largest absolute Gasteiger partial charge is 0.491 e. The topological polar surface area (TPSA) is 76.7 Å². The van der Waals surface area contributed by atoms with Crippen LogP contribution in [0.2, 0.25) is 0 Å². The maximum Gasteiger partial charge on any atom is 0.251 e. The van der Waals surface area contributed by atoms with Crippen molar-refractivity contribution >= 4 is 17.5 Å². The van der Waals surface area contributed by atoms with Crippen molar-refractivity contribution in [3.63, 3.8) is 0 Å². The second kappa shape index (κ2) is 10.6. The number of ether oxygens (including phenoxy) is 2. The fourth-order valence-corrected chi connectivity index (χ4v) is 2.61. The summed E-state index contributed by atoms with van der Waals surface area (Å²) in [5.74, 6) is 0.363. The summed E-state index contributed by atoms with van der Waals surface area (Å²) in [7, 11) is 1.62. The van der Waals surface area contributed by atoms with E-state index < -0.39 is 0 Å². The van der Waals surface area contributed by atoms with E-state index in [4.69, 9.17) is 9.47 Å². The number of benzene rings is 2. The van der Waals surface area contributed by atoms with Crippen LogP contribution in [0, 0.1) is 0 Å². The second-order valence-corrected chi connectivity index (χ2v) is 7.75. The van der Waals surface area contributed by atoms with Gasteiger partial charge in [0.1, 0.15) is 12.4 Å². The number of hydrogen-bond donors (Lipinski definition) is 2. The third kappa shape index (κ3) is 7.58. The van der Waals surface area contributed by atoms with Gasteiger partial charge in [-0.05, 0) is 47.4 Å². The van der Waals surface area contributed by atoms with Crippen LogP contribution in [0.25, 0.3) is 0 Å². The highest BCUT2D eigenvalue weighted by molar-refractivity contribution is 5.95. The Morgan fingerprint density at radius 3 is 2.17 bits per heavy atom. The van der Waals surface area contributed by atoms with Gasteiger partial charge in [-0.2, -0.15) is 0 Å². The van der Waals surface area contributed by atoms with Crippen molar-refractivity contribution in [2.75, 3.05) is 32.2 Å². The van der Waals surface area contributed by atoms with Gasteiger partial charge in [-0.1, -0.05) is 32.9 Å². The van der Waals surface area contributed by atoms with E-state index in [-0.39, 0.29) is 30.2 Å². The first-order valence-electron chi connectivity index (χ1n) is 9.70. The lowest BCUT2D eigenvalue weighted by atomic mass is 9.87. The third-order valence-corrected chi connectivity index (χ3v) is 4.34. The quantitative estimate of drug-likeness (QED) is 0.631. The molecule has 156 valence electrons. The molecule has 2 N–H and O–H groups in total. The average Bonchev–Trinajstić information content (AvgIpc) is 2.69. The van der Waals surface area contributed by atoms with Crippen LogP contribution in [0.4, 0.5) is 5.69 Å². The van der Waals surface area contributed by atoms with Crippen molar-refractivity contribution in [2.24, 2.45) is 0 Å². The van der Waals surface area contributed by atoms with Crippen LogP contribution in [0.15, 0.2) is 48.5 Å². The SMILES string of the molecule is COCCOc1ccc(NC(=O)CCNC(=O)c2ccc(C(C)(C)C)cc2)cc1. The Balaban J connectivity index is 1.74. The maximum atomic E-state index is 12.2. The molecule has 0 heterocycles. The van der Waals surface area contributed by atoms with E-state index in [9.17, 15) is 9.59 Å². The zero-order valence-corrected chi connectivity index (χ0v) is 17.6. The first-order chi connectivity index (χ1) is 13.8. The minimum atomic E-state index is -0.184. The number of rotatable bonds is 9. The Labute approximate surface area is 172 Å². The Hall–Kier alpha value is -2.86. The third-order valence-electron chi connectivity index (χ3n) is 4.34. The fourth-order valence-electron chi connectivity index (χ4n) is 2.61. The number of amides is 2. The lowest BCUT2D eigenvalue weighted by Crippen LogP contribution is -2.27. The van der Waals surface area contributed by atoms with Crippen LogP contribution < -0.4 is 15.4 Å². The summed E-state index contributed by atoms with van der Waals surface area (Å²) in [5, 5.41) is 5.58. The van der Waals surface area contributed by atoms with Gasteiger partial charge in [-0.15, -0.1) is 0 Å². The van der Waals surface area contributed by atoms with Crippen molar-refractivity contribution in [1.82, 2.24) is 5.32 Å². The minimum absolute atomic E-state index is 0.0430. The highest BCUT2D eigenvalue weighted by atomic mass is 16.5. The molecule has 2 amide bonds. The fraction of sp³-hybridized carbons (Fsp3) is 0.391. The van der Waals surface area contributed by atoms with E-state index >= 15 is 0 Å². The number of methoxy groups -OCH3 is 1. The molecule has 0 fully saturated rings. The summed E-state index contributed by atoms with van der Waals surface area (Å²) >= 11 is 0. The molecule has 0 aliphatic heterocycles. The first kappa shape index (κ1) is 22.4. The number of nitrogens with one attached hydrogen (secondary N) is 2. The predicted octanol–water partition coefficient (Wildman–Crippen LogP) is 3.77. The highest BCUT2D eigenvalue weighted by Gasteiger charge is 2.14. The molecule has 0 radical (unpaired) electrons. The minimum Gasteiger partial charge on any atom is -0.491 e. The van der Waals surface area contributed by atoms with Crippen LogP contribution in [0.1, 0.15) is 43.1 Å². The summed E-state index contributed by atoms with van der Waals surface area (Å²) < 4.78 is 10.4. The Kier molecular flexibility index (Phi) is 8.21. The number of anilines is 1. The molecule has 0 aliphatic carbocycles. The van der Waals surface area contributed by atoms with Crippen LogP contribution in [-0.4, -0.2) is 38.7 Å². The molecule has 0 spiro atoms. The zero-order chi connectivity index (χ0) is 21.3. The van der Waals surface area contributed by atoms with Crippen LogP contribution in [0.5, 0.6) is 5.75 Å². The van der Waals surface area contributed by atoms with Gasteiger partial charge in [0.25, 0.3) is 5.91 Å². The number of hydrogen-bond acceptors (Lipinski definition) is 4. The van der Waals surface area contributed by atoms with Crippen molar-refractivity contribution in [1.29, 1.82) is 0 Å². The van der Waals surface area contributed by atoms with Crippen molar-refractivity contribution in [2.45, 2.75) is 32.6 Å². The predicted molar refractivity (Wildman–Crippen MR) is 115 cm³/mol. The van der Waals surface area contributed by atoms with E-state index in [2.05, 4.69) is 31.4 Å². The molecule has 0 saturated heterocycles. The summed E-state index contributed by atoms with van der Waals surface area (Å²) in [6, 6.07) is 14.7. The molecule has 0 aromatic heterocycles. The zero-order valence-electron chi connectivity index (χ0n) is 17.6. The van der Waals surface area contributed by atoms with Crippen molar-refractivity contribution in [3.8, 4) is 5.75 Å². The van der Waals surface area contributed by atoms with Crippen LogP contribution in [-0.2, 0) is 14.9 Å². The van der Waals surface area contributed by atoms with Gasteiger partial charge in [-0.25, -0.2) is 0 Å². The molecule has 0 aliphatic rings. The van der Waals surface area contributed by atoms with Gasteiger partial charge in [0.05, 0.1) is 6.61 Å². The van der Waals surface area contributed by atoms with Crippen LogP contribution in [0.3, 0.4) is 0 Å². The van der Waals surface area contributed by atoms with E-state index in [1.165, 1.54) is 5.56 Å². The van der Waals surface area contributed by atoms with E-state index in [0.29, 0.717) is 30.2 Å². The summed E-state index contributed by atoms with van der Waals surface area (Å²) in [6.07, 6.45) is 0.192. The number of carbonyl (C=O) groups is 2. The van der Waals surface area contributed by atoms with Crippen molar-refractivity contribution in [3.05, 3.63) is 59.7 Å². The lowest BCUT2D eigenvalue weighted by molar-refractivity contribution is -0.116. The lowest BCUT2D eigenvalue weighted by Gasteiger charge is -2.19. The maximum absolute atomic E-state index is 12.2. The normalized spacial score (nSPS) is 11.0. The molecule has 6 nitrogen and oxygen atoms in total. The Morgan fingerprint density at radius 1 is 0.931 bits per heavy atom. The molecule has 2 aromatic carbocycles. The Morgan fingerprint density at radius 2 is 1.59 bits per heavy atom.